The summed E-state index contributed by atoms with van der Waals surface area (Å²) in [6, 6.07) is 29.9. The Balaban J connectivity index is 0.635. The lowest BCUT2D eigenvalue weighted by Gasteiger charge is -2.36. The van der Waals surface area contributed by atoms with E-state index >= 15 is 0 Å². The van der Waals surface area contributed by atoms with Crippen LogP contribution in [0.4, 0.5) is 22.2 Å². The lowest BCUT2D eigenvalue weighted by atomic mass is 9.87. The van der Waals surface area contributed by atoms with Gasteiger partial charge in [-0.3, -0.25) is 24.3 Å². The number of anilines is 2. The number of amides is 3. The number of H-pyrrole nitrogens is 1. The van der Waals surface area contributed by atoms with E-state index in [-0.39, 0.29) is 46.5 Å². The second-order valence-corrected chi connectivity index (χ2v) is 22.7. The van der Waals surface area contributed by atoms with Crippen molar-refractivity contribution in [2.45, 2.75) is 70.5 Å². The highest BCUT2D eigenvalue weighted by molar-refractivity contribution is 7.21. The van der Waals surface area contributed by atoms with Gasteiger partial charge in [-0.2, -0.15) is 4.68 Å². The van der Waals surface area contributed by atoms with Gasteiger partial charge < -0.3 is 36.8 Å². The zero-order valence-electron chi connectivity index (χ0n) is 42.8. The molecule has 7 N–H and O–H groups in total. The quantitative estimate of drug-likeness (QED) is 0.0501. The van der Waals surface area contributed by atoms with Gasteiger partial charge in [-0.1, -0.05) is 85.0 Å². The number of aromatic nitrogens is 5. The van der Waals surface area contributed by atoms with E-state index in [2.05, 4.69) is 76.5 Å². The molecule has 2 saturated heterocycles. The molecule has 11 rings (SSSR count). The summed E-state index contributed by atoms with van der Waals surface area (Å²) in [5.74, 6) is -0.644. The molecule has 7 heterocycles. The maximum atomic E-state index is 13.8. The molecule has 18 nitrogen and oxygen atoms in total. The second kappa shape index (κ2) is 23.0. The Kier molecular flexibility index (Phi) is 15.5. The number of aryl methyl sites for hydroxylation is 1. The van der Waals surface area contributed by atoms with Crippen molar-refractivity contribution >= 4 is 84.1 Å². The average molecular weight is 1090 g/mol. The second-order valence-electron chi connectivity index (χ2n) is 19.8. The molecule has 396 valence electrons. The number of carbonyl (C=O) groups is 3. The predicted molar refractivity (Wildman–Crippen MR) is 305 cm³/mol. The average Bonchev–Trinajstić information content (AvgIpc) is 4.32. The van der Waals surface area contributed by atoms with Crippen molar-refractivity contribution in [1.29, 1.82) is 0 Å². The highest BCUT2D eigenvalue weighted by Gasteiger charge is 2.29. The number of hydrogen-bond donors (Lipinski definition) is 6. The number of carbonyl (C=O) groups excluding carboxylic acids is 3. The van der Waals surface area contributed by atoms with E-state index in [4.69, 9.17) is 15.7 Å². The highest BCUT2D eigenvalue weighted by atomic mass is 32.1. The molecule has 21 heteroatoms. The fourth-order valence-corrected chi connectivity index (χ4v) is 12.8. The molecule has 1 aliphatic carbocycles. The van der Waals surface area contributed by atoms with Crippen molar-refractivity contribution in [3.05, 3.63) is 140 Å². The van der Waals surface area contributed by atoms with Gasteiger partial charge in [0, 0.05) is 78.3 Å². The van der Waals surface area contributed by atoms with Crippen LogP contribution >= 0.6 is 34.0 Å². The number of thiophene rings is 1. The van der Waals surface area contributed by atoms with E-state index in [1.54, 1.807) is 0 Å². The Morgan fingerprint density at radius 2 is 1.69 bits per heavy atom. The van der Waals surface area contributed by atoms with Crippen molar-refractivity contribution in [3.8, 4) is 27.6 Å². The number of azo groups is 1. The zero-order chi connectivity index (χ0) is 53.0. The number of thiazole rings is 2. The van der Waals surface area contributed by atoms with Crippen LogP contribution in [0.3, 0.4) is 0 Å². The molecule has 3 amide bonds. The number of nitrogens with zero attached hydrogens (tertiary/aromatic N) is 8. The Morgan fingerprint density at radius 1 is 0.896 bits per heavy atom. The third-order valence-corrected chi connectivity index (χ3v) is 17.6. The number of nitrogens with one attached hydrogen (secondary N) is 5. The van der Waals surface area contributed by atoms with Crippen LogP contribution < -0.4 is 37.5 Å². The summed E-state index contributed by atoms with van der Waals surface area (Å²) >= 11 is 3.70. The van der Waals surface area contributed by atoms with E-state index in [1.165, 1.54) is 50.4 Å². The van der Waals surface area contributed by atoms with Gasteiger partial charge in [-0.05, 0) is 93.9 Å². The number of hydrogen-bond acceptors (Lipinski definition) is 16. The number of piperidine rings is 1. The molecule has 2 aliphatic heterocycles. The lowest BCUT2D eigenvalue weighted by Crippen LogP contribution is -2.50. The molecule has 2 fully saturated rings. The third kappa shape index (κ3) is 11.5. The number of aromatic amines is 1. The molecule has 3 aromatic carbocycles. The minimum atomic E-state index is -0.421. The molecule has 77 heavy (non-hydrogen) atoms. The monoisotopic (exact) mass is 1090 g/mol. The number of pyridine rings is 1. The van der Waals surface area contributed by atoms with Crippen LogP contribution in [0.15, 0.2) is 118 Å². The van der Waals surface area contributed by atoms with Gasteiger partial charge in [0.15, 0.2) is 5.69 Å². The van der Waals surface area contributed by atoms with Crippen molar-refractivity contribution in [2.24, 2.45) is 16.1 Å². The van der Waals surface area contributed by atoms with Crippen LogP contribution in [-0.4, -0.2) is 105 Å². The van der Waals surface area contributed by atoms with Crippen LogP contribution in [0, 0.1) is 5.92 Å². The standard InChI is InChI=1S/C56H60N14O4S3/c1-3-39-31-69(27-23-58-39)41-17-15-37-28-40(16-14-38(37)29-41)62-52(73)49-46(57)42-18-19-43(63-53(42)77-49)33(2)61-50(71)36-20-24-68(25-21-36)26-22-59-51(72)45-30-60-55(76-45)66-65-48-47(35-12-8-5-9-13-35)67-70(54(48)74)56-64-44(32-75-56)34-10-6-4-7-11-34/h4-13,15,17-19,29-30,32-33,36,39-40,58,67H,3,14,16,20-28,31,57H2,1-2H3,(H,59,72)(H,61,71)(H,62,73)/t33-,39+,40-/m0/s1. The molecule has 0 spiro atoms. The van der Waals surface area contributed by atoms with Crippen LogP contribution in [0.1, 0.15) is 81.7 Å². The van der Waals surface area contributed by atoms with Gasteiger partial charge in [0.2, 0.25) is 16.2 Å². The summed E-state index contributed by atoms with van der Waals surface area (Å²) in [5.41, 5.74) is 14.2. The highest BCUT2D eigenvalue weighted by Crippen LogP contribution is 2.35. The first-order valence-corrected chi connectivity index (χ1v) is 28.8. The van der Waals surface area contributed by atoms with Gasteiger partial charge in [-0.15, -0.1) is 32.9 Å². The van der Waals surface area contributed by atoms with Crippen molar-refractivity contribution in [3.63, 3.8) is 0 Å². The summed E-state index contributed by atoms with van der Waals surface area (Å²) in [6.45, 7) is 9.63. The number of likely N-dealkylation sites (tertiary alicyclic amines) is 1. The molecular formula is C56H60N14O4S3. The number of rotatable bonds is 16. The molecule has 5 aromatic heterocycles. The van der Waals surface area contributed by atoms with Gasteiger partial charge in [0.1, 0.15) is 14.6 Å². The summed E-state index contributed by atoms with van der Waals surface area (Å²) in [6.07, 6.45) is 6.49. The van der Waals surface area contributed by atoms with E-state index in [1.807, 2.05) is 85.1 Å². The van der Waals surface area contributed by atoms with Gasteiger partial charge >= 0.3 is 5.56 Å². The summed E-state index contributed by atoms with van der Waals surface area (Å²) in [4.78, 5) is 74.4. The van der Waals surface area contributed by atoms with Crippen LogP contribution in [0.25, 0.3) is 37.9 Å². The fraction of sp³-hybridized carbons (Fsp3) is 0.339. The topological polar surface area (TPSA) is 233 Å². The number of benzene rings is 3. The minimum Gasteiger partial charge on any atom is -0.397 e. The number of nitrogens with two attached hydrogens (primary N) is 1. The SMILES string of the molecule is CC[C@@H]1CN(c2ccc3c(c2)CC[C@H](NC(=O)c2sc4nc([C@H](C)NC(=O)C5CCN(CCNC(=O)c6cnc(N=Nc7c(-c8ccccc8)[nH]n(-c8nc(-c9ccccc9)cs8)c7=O)s6)CC5)ccc4c2N)C3)CCN1. The fourth-order valence-electron chi connectivity index (χ4n) is 10.4. The van der Waals surface area contributed by atoms with Crippen LogP contribution in [0.2, 0.25) is 0 Å². The third-order valence-electron chi connectivity index (χ3n) is 14.8. The van der Waals surface area contributed by atoms with Crippen LogP contribution in [0.5, 0.6) is 0 Å². The Morgan fingerprint density at radius 3 is 2.48 bits per heavy atom. The summed E-state index contributed by atoms with van der Waals surface area (Å²) < 4.78 is 1.37. The van der Waals surface area contributed by atoms with E-state index in [0.717, 1.165) is 78.9 Å². The molecule has 3 aliphatic rings. The largest absolute Gasteiger partial charge is 0.397 e. The predicted octanol–water partition coefficient (Wildman–Crippen LogP) is 8.81. The zero-order valence-corrected chi connectivity index (χ0v) is 45.3. The van der Waals surface area contributed by atoms with Gasteiger partial charge in [0.25, 0.3) is 11.8 Å². The Hall–Kier alpha value is -7.43. The van der Waals surface area contributed by atoms with Crippen LogP contribution in [-0.2, 0) is 17.6 Å². The van der Waals surface area contributed by atoms with Gasteiger partial charge in [-0.25, -0.2) is 15.0 Å². The first-order valence-electron chi connectivity index (χ1n) is 26.2. The Bertz CT molecular complexity index is 3510. The van der Waals surface area contributed by atoms with Gasteiger partial charge in [0.05, 0.1) is 35.0 Å². The smallest absolute Gasteiger partial charge is 0.301 e. The van der Waals surface area contributed by atoms with Crippen molar-refractivity contribution in [1.82, 2.24) is 50.9 Å². The first kappa shape index (κ1) is 51.7. The number of fused-ring (bicyclic) bond motifs is 2. The number of nitrogen functional groups attached to an aromatic ring is 1. The van der Waals surface area contributed by atoms with E-state index in [0.29, 0.717) is 81.9 Å². The Labute approximate surface area is 457 Å². The van der Waals surface area contributed by atoms with E-state index < -0.39 is 5.56 Å². The maximum absolute atomic E-state index is 13.8. The van der Waals surface area contributed by atoms with E-state index in [9.17, 15) is 19.2 Å². The summed E-state index contributed by atoms with van der Waals surface area (Å²) in [7, 11) is 0. The van der Waals surface area contributed by atoms with Crippen molar-refractivity contribution in [2.75, 3.05) is 56.4 Å². The maximum Gasteiger partial charge on any atom is 0.301 e. The molecular weight excluding hydrogens is 1030 g/mol. The minimum absolute atomic E-state index is 0.0123. The molecule has 0 unspecified atom stereocenters. The van der Waals surface area contributed by atoms with Crippen molar-refractivity contribution < 1.29 is 14.4 Å². The lowest BCUT2D eigenvalue weighted by molar-refractivity contribution is -0.127. The molecule has 0 bridgehead atoms. The summed E-state index contributed by atoms with van der Waals surface area (Å²) in [5, 5.41) is 28.2. The first-order chi connectivity index (χ1) is 37.5. The normalized spacial score (nSPS) is 17.6. The molecule has 0 radical (unpaired) electrons. The number of piperazine rings is 1. The molecule has 3 atom stereocenters. The molecule has 0 saturated carbocycles. The molecule has 8 aromatic rings.